The Morgan fingerprint density at radius 1 is 1.08 bits per heavy atom. The molecule has 1 heterocycles. The first-order chi connectivity index (χ1) is 12.0. The van der Waals surface area contributed by atoms with Crippen LogP contribution in [0, 0.1) is 0 Å². The highest BCUT2D eigenvalue weighted by Crippen LogP contribution is 2.27. The van der Waals surface area contributed by atoms with Gasteiger partial charge in [0, 0.05) is 6.07 Å². The number of halogens is 2. The zero-order valence-corrected chi connectivity index (χ0v) is 15.0. The lowest BCUT2D eigenvalue weighted by Crippen LogP contribution is -2.35. The summed E-state index contributed by atoms with van der Waals surface area (Å²) in [6.07, 6.45) is 0. The molecule has 142 valence electrons. The molecule has 2 rings (SSSR count). The second kappa shape index (κ2) is 7.23. The highest BCUT2D eigenvalue weighted by molar-refractivity contribution is 7.89. The third-order valence-corrected chi connectivity index (χ3v) is 5.60. The van der Waals surface area contributed by atoms with Crippen LogP contribution in [-0.2, 0) is 26.0 Å². The summed E-state index contributed by atoms with van der Waals surface area (Å²) in [5.41, 5.74) is -0.663. The molecule has 0 unspecified atom stereocenters. The highest BCUT2D eigenvalue weighted by Gasteiger charge is 2.35. The van der Waals surface area contributed by atoms with E-state index < -0.39 is 38.2 Å². The molecular weight excluding hydrogens is 392 g/mol. The van der Waals surface area contributed by atoms with E-state index in [1.54, 1.807) is 4.72 Å². The van der Waals surface area contributed by atoms with Crippen molar-refractivity contribution < 1.29 is 30.4 Å². The Labute approximate surface area is 149 Å². The number of alkyl halides is 2. The summed E-state index contributed by atoms with van der Waals surface area (Å²) in [5, 5.41) is 4.91. The van der Waals surface area contributed by atoms with Crippen molar-refractivity contribution in [2.75, 3.05) is 13.7 Å². The van der Waals surface area contributed by atoms with Gasteiger partial charge >= 0.3 is 5.92 Å². The molecule has 1 aromatic carbocycles. The van der Waals surface area contributed by atoms with Gasteiger partial charge in [-0.3, -0.25) is 0 Å². The Hall–Kier alpha value is -2.15. The Bertz CT molecular complexity index is 993. The molecule has 0 bridgehead atoms. The molecule has 0 fully saturated rings. The van der Waals surface area contributed by atoms with Crippen molar-refractivity contribution in [2.24, 2.45) is 5.14 Å². The molecule has 1 aromatic heterocycles. The maximum absolute atomic E-state index is 14.2. The van der Waals surface area contributed by atoms with Gasteiger partial charge in [-0.05, 0) is 30.3 Å². The number of nitrogens with two attached hydrogens (primary N) is 1. The van der Waals surface area contributed by atoms with Crippen molar-refractivity contribution in [3.8, 4) is 5.88 Å². The number of sulfonamides is 2. The topological polar surface area (TPSA) is 128 Å². The number of benzene rings is 1. The lowest BCUT2D eigenvalue weighted by molar-refractivity contribution is -0.00289. The van der Waals surface area contributed by atoms with Crippen molar-refractivity contribution >= 4 is 20.0 Å². The van der Waals surface area contributed by atoms with Gasteiger partial charge < -0.3 is 4.74 Å². The van der Waals surface area contributed by atoms with E-state index in [9.17, 15) is 25.6 Å². The summed E-state index contributed by atoms with van der Waals surface area (Å²) in [6, 6.07) is 7.54. The number of primary sulfonamides is 1. The van der Waals surface area contributed by atoms with Crippen LogP contribution in [0.1, 0.15) is 5.69 Å². The molecule has 0 amide bonds. The van der Waals surface area contributed by atoms with E-state index in [1.807, 2.05) is 0 Å². The Morgan fingerprint density at radius 3 is 2.19 bits per heavy atom. The van der Waals surface area contributed by atoms with Gasteiger partial charge in [0.05, 0.1) is 23.4 Å². The molecule has 0 aliphatic heterocycles. The van der Waals surface area contributed by atoms with Gasteiger partial charge in [-0.1, -0.05) is 6.07 Å². The predicted octanol–water partition coefficient (Wildman–Crippen LogP) is 0.808. The van der Waals surface area contributed by atoms with Crippen LogP contribution in [0.25, 0.3) is 0 Å². The SMILES string of the molecule is COc1cccc(C(F)(F)CNS(=O)(=O)c2ccc(S(N)(=O)=O)cc2)n1. The highest BCUT2D eigenvalue weighted by atomic mass is 32.2. The minimum atomic E-state index is -4.30. The van der Waals surface area contributed by atoms with Crippen LogP contribution in [0.5, 0.6) is 5.88 Å². The lowest BCUT2D eigenvalue weighted by atomic mass is 10.2. The fraction of sp³-hybridized carbons (Fsp3) is 0.214. The average molecular weight is 407 g/mol. The van der Waals surface area contributed by atoms with Crippen LogP contribution >= 0.6 is 0 Å². The van der Waals surface area contributed by atoms with Crippen LogP contribution in [0.2, 0.25) is 0 Å². The molecule has 3 N–H and O–H groups in total. The zero-order valence-electron chi connectivity index (χ0n) is 13.4. The summed E-state index contributed by atoms with van der Waals surface area (Å²) >= 11 is 0. The minimum Gasteiger partial charge on any atom is -0.481 e. The number of methoxy groups -OCH3 is 1. The fourth-order valence-electron chi connectivity index (χ4n) is 1.90. The third kappa shape index (κ3) is 4.72. The van der Waals surface area contributed by atoms with Crippen LogP contribution in [-0.4, -0.2) is 35.5 Å². The smallest absolute Gasteiger partial charge is 0.303 e. The molecule has 0 radical (unpaired) electrons. The van der Waals surface area contributed by atoms with E-state index in [-0.39, 0.29) is 15.7 Å². The molecule has 12 heteroatoms. The van der Waals surface area contributed by atoms with E-state index in [4.69, 9.17) is 9.88 Å². The van der Waals surface area contributed by atoms with E-state index in [0.29, 0.717) is 0 Å². The molecule has 26 heavy (non-hydrogen) atoms. The molecule has 0 atom stereocenters. The first-order valence-corrected chi connectivity index (χ1v) is 10.0. The monoisotopic (exact) mass is 407 g/mol. The Morgan fingerprint density at radius 2 is 1.65 bits per heavy atom. The first kappa shape index (κ1) is 20.2. The lowest BCUT2D eigenvalue weighted by Gasteiger charge is -2.17. The number of ether oxygens (including phenoxy) is 1. The van der Waals surface area contributed by atoms with Crippen molar-refractivity contribution in [1.82, 2.24) is 9.71 Å². The number of rotatable bonds is 7. The molecule has 0 aliphatic rings. The van der Waals surface area contributed by atoms with Crippen molar-refractivity contribution in [3.05, 3.63) is 48.2 Å². The van der Waals surface area contributed by atoms with Crippen LogP contribution in [0.4, 0.5) is 8.78 Å². The molecular formula is C14H15F2N3O5S2. The van der Waals surface area contributed by atoms with Crippen LogP contribution in [0.3, 0.4) is 0 Å². The first-order valence-electron chi connectivity index (χ1n) is 6.97. The van der Waals surface area contributed by atoms with Crippen LogP contribution < -0.4 is 14.6 Å². The van der Waals surface area contributed by atoms with E-state index in [1.165, 1.54) is 19.2 Å². The van der Waals surface area contributed by atoms with Crippen LogP contribution in [0.15, 0.2) is 52.3 Å². The van der Waals surface area contributed by atoms with Crippen molar-refractivity contribution in [2.45, 2.75) is 15.7 Å². The van der Waals surface area contributed by atoms with E-state index >= 15 is 0 Å². The van der Waals surface area contributed by atoms with Gasteiger partial charge in [-0.25, -0.2) is 31.7 Å². The van der Waals surface area contributed by atoms with Gasteiger partial charge in [0.25, 0.3) is 0 Å². The third-order valence-electron chi connectivity index (χ3n) is 3.25. The molecule has 0 saturated carbocycles. The number of nitrogens with one attached hydrogen (secondary N) is 1. The normalized spacial score (nSPS) is 12.8. The summed E-state index contributed by atoms with van der Waals surface area (Å²) in [5.74, 6) is -3.63. The van der Waals surface area contributed by atoms with Gasteiger partial charge in [0.2, 0.25) is 25.9 Å². The fourth-order valence-corrected chi connectivity index (χ4v) is 3.45. The number of hydrogen-bond donors (Lipinski definition) is 2. The maximum atomic E-state index is 14.2. The summed E-state index contributed by atoms with van der Waals surface area (Å²) < 4.78 is 81.5. The number of hydrogen-bond acceptors (Lipinski definition) is 6. The maximum Gasteiger partial charge on any atom is 0.303 e. The molecule has 0 aliphatic carbocycles. The van der Waals surface area contributed by atoms with Gasteiger partial charge in [-0.2, -0.15) is 8.78 Å². The average Bonchev–Trinajstić information content (AvgIpc) is 2.60. The minimum absolute atomic E-state index is 0.0383. The second-order valence-corrected chi connectivity index (χ2v) is 8.44. The Balaban J connectivity index is 2.18. The van der Waals surface area contributed by atoms with Crippen molar-refractivity contribution in [3.63, 3.8) is 0 Å². The van der Waals surface area contributed by atoms with Crippen molar-refractivity contribution in [1.29, 1.82) is 0 Å². The molecule has 0 saturated heterocycles. The zero-order chi connectivity index (χ0) is 19.6. The molecule has 2 aromatic rings. The van der Waals surface area contributed by atoms with E-state index in [0.717, 1.165) is 30.3 Å². The number of pyridine rings is 1. The predicted molar refractivity (Wildman–Crippen MR) is 87.7 cm³/mol. The summed E-state index contributed by atoms with van der Waals surface area (Å²) in [7, 11) is -7.04. The molecule has 8 nitrogen and oxygen atoms in total. The van der Waals surface area contributed by atoms with Gasteiger partial charge in [0.1, 0.15) is 5.69 Å². The number of nitrogens with zero attached hydrogens (tertiary/aromatic N) is 1. The second-order valence-electron chi connectivity index (χ2n) is 5.11. The van der Waals surface area contributed by atoms with Gasteiger partial charge in [0.15, 0.2) is 0 Å². The quantitative estimate of drug-likeness (QED) is 0.699. The standard InChI is InChI=1S/C14H15F2N3O5S2/c1-24-13-4-2-3-12(19-13)14(15,16)9-18-26(22,23)11-7-5-10(6-8-11)25(17,20)21/h2-8,18H,9H2,1H3,(H2,17,20,21). The van der Waals surface area contributed by atoms with Gasteiger partial charge in [-0.15, -0.1) is 0 Å². The largest absolute Gasteiger partial charge is 0.481 e. The van der Waals surface area contributed by atoms with E-state index in [2.05, 4.69) is 4.98 Å². The number of aromatic nitrogens is 1. The molecule has 0 spiro atoms. The Kier molecular flexibility index (Phi) is 5.61. The summed E-state index contributed by atoms with van der Waals surface area (Å²) in [6.45, 7) is -1.24. The summed E-state index contributed by atoms with van der Waals surface area (Å²) in [4.78, 5) is 2.89.